The van der Waals surface area contributed by atoms with E-state index in [9.17, 15) is 14.9 Å². The van der Waals surface area contributed by atoms with Crippen LogP contribution >= 0.6 is 11.3 Å². The summed E-state index contributed by atoms with van der Waals surface area (Å²) in [7, 11) is 0. The van der Waals surface area contributed by atoms with Gasteiger partial charge in [-0.05, 0) is 26.0 Å². The first-order valence-corrected chi connectivity index (χ1v) is 7.14. The lowest BCUT2D eigenvalue weighted by Crippen LogP contribution is -2.47. The minimum absolute atomic E-state index is 0.0268. The Morgan fingerprint density at radius 1 is 1.45 bits per heavy atom. The number of amides is 1. The van der Waals surface area contributed by atoms with Gasteiger partial charge < -0.3 is 9.64 Å². The van der Waals surface area contributed by atoms with E-state index >= 15 is 0 Å². The molecule has 1 amide bonds. The molecule has 0 unspecified atom stereocenters. The number of carbonyl (C=O) groups excluding carboxylic acids is 1. The number of morpholine rings is 1. The molecule has 0 radical (unpaired) electrons. The predicted molar refractivity (Wildman–Crippen MR) is 76.6 cm³/mol. The Morgan fingerprint density at radius 2 is 2.10 bits per heavy atom. The zero-order chi connectivity index (χ0) is 14.7. The summed E-state index contributed by atoms with van der Waals surface area (Å²) in [6, 6.07) is 3.07. The number of hydrogen-bond acceptors (Lipinski definition) is 5. The normalized spacial score (nSPS) is 23.2. The van der Waals surface area contributed by atoms with Crippen LogP contribution in [0.2, 0.25) is 0 Å². The highest BCUT2D eigenvalue weighted by Crippen LogP contribution is 2.25. The second kappa shape index (κ2) is 6.15. The Morgan fingerprint density at radius 3 is 2.65 bits per heavy atom. The first-order chi connectivity index (χ1) is 9.45. The summed E-state index contributed by atoms with van der Waals surface area (Å²) in [5.74, 6) is -0.0944. The zero-order valence-corrected chi connectivity index (χ0v) is 12.1. The van der Waals surface area contributed by atoms with E-state index in [-0.39, 0.29) is 23.1 Å². The third kappa shape index (κ3) is 3.64. The van der Waals surface area contributed by atoms with E-state index in [4.69, 9.17) is 4.74 Å². The van der Waals surface area contributed by atoms with Crippen molar-refractivity contribution in [3.8, 4) is 0 Å². The predicted octanol–water partition coefficient (Wildman–Crippen LogP) is 2.31. The average molecular weight is 296 g/mol. The van der Waals surface area contributed by atoms with Gasteiger partial charge in [-0.25, -0.2) is 0 Å². The fourth-order valence-corrected chi connectivity index (χ4v) is 2.87. The van der Waals surface area contributed by atoms with Crippen molar-refractivity contribution in [2.75, 3.05) is 13.1 Å². The summed E-state index contributed by atoms with van der Waals surface area (Å²) in [6.45, 7) is 5.00. The van der Waals surface area contributed by atoms with Gasteiger partial charge in [0.1, 0.15) is 0 Å². The van der Waals surface area contributed by atoms with Gasteiger partial charge in [-0.15, -0.1) is 0 Å². The zero-order valence-electron chi connectivity index (χ0n) is 11.3. The van der Waals surface area contributed by atoms with Crippen molar-refractivity contribution in [2.24, 2.45) is 0 Å². The molecule has 0 saturated carbocycles. The summed E-state index contributed by atoms with van der Waals surface area (Å²) in [5, 5.41) is 10.6. The van der Waals surface area contributed by atoms with Crippen LogP contribution in [0.25, 0.3) is 6.08 Å². The number of hydrogen-bond donors (Lipinski definition) is 0. The molecule has 0 bridgehead atoms. The Kier molecular flexibility index (Phi) is 4.51. The molecule has 2 atom stereocenters. The molecule has 1 aliphatic heterocycles. The van der Waals surface area contributed by atoms with Crippen molar-refractivity contribution < 1.29 is 14.5 Å². The van der Waals surface area contributed by atoms with Crippen LogP contribution in [0.1, 0.15) is 18.7 Å². The maximum atomic E-state index is 12.1. The topological polar surface area (TPSA) is 72.7 Å². The molecular weight excluding hydrogens is 280 g/mol. The molecule has 1 aromatic rings. The van der Waals surface area contributed by atoms with Crippen LogP contribution in [0.3, 0.4) is 0 Å². The molecule has 20 heavy (non-hydrogen) atoms. The standard InChI is InChI=1S/C13H16N2O4S/c1-9-7-14(8-10(2)19-9)12(16)5-3-11-4-6-13(20-11)15(17)18/h3-6,9-10H,7-8H2,1-2H3/b5-3+/t9-,10+. The van der Waals surface area contributed by atoms with Crippen LogP contribution < -0.4 is 0 Å². The molecule has 0 aliphatic carbocycles. The van der Waals surface area contributed by atoms with Crippen molar-refractivity contribution >= 4 is 28.3 Å². The summed E-state index contributed by atoms with van der Waals surface area (Å²) in [5.41, 5.74) is 0. The molecule has 1 aromatic heterocycles. The molecule has 1 fully saturated rings. The molecule has 1 saturated heterocycles. The largest absolute Gasteiger partial charge is 0.372 e. The van der Waals surface area contributed by atoms with Gasteiger partial charge in [0.25, 0.3) is 0 Å². The van der Waals surface area contributed by atoms with Gasteiger partial charge in [-0.3, -0.25) is 14.9 Å². The molecule has 0 spiro atoms. The Labute approximate surface area is 120 Å². The molecule has 0 aromatic carbocycles. The third-order valence-corrected chi connectivity index (χ3v) is 3.92. The fraction of sp³-hybridized carbons (Fsp3) is 0.462. The van der Waals surface area contributed by atoms with Crippen LogP contribution in [0.4, 0.5) is 5.00 Å². The lowest BCUT2D eigenvalue weighted by molar-refractivity contribution is -0.380. The summed E-state index contributed by atoms with van der Waals surface area (Å²) >= 11 is 1.05. The SMILES string of the molecule is C[C@@H]1CN(C(=O)/C=C/c2ccc([N+](=O)[O-])s2)C[C@H](C)O1. The van der Waals surface area contributed by atoms with Gasteiger partial charge in [0.05, 0.1) is 17.1 Å². The number of nitro groups is 1. The highest BCUT2D eigenvalue weighted by Gasteiger charge is 2.24. The first kappa shape index (κ1) is 14.7. The molecule has 2 heterocycles. The summed E-state index contributed by atoms with van der Waals surface area (Å²) < 4.78 is 5.57. The Balaban J connectivity index is 1.99. The third-order valence-electron chi connectivity index (χ3n) is 2.91. The van der Waals surface area contributed by atoms with Gasteiger partial charge in [0, 0.05) is 30.1 Å². The molecule has 7 heteroatoms. The van der Waals surface area contributed by atoms with E-state index in [0.717, 1.165) is 11.3 Å². The number of ether oxygens (including phenoxy) is 1. The molecule has 1 aliphatic rings. The minimum atomic E-state index is -0.435. The van der Waals surface area contributed by atoms with Crippen molar-refractivity contribution in [3.05, 3.63) is 33.2 Å². The maximum Gasteiger partial charge on any atom is 0.324 e. The Bertz CT molecular complexity index is 530. The molecule has 0 N–H and O–H groups in total. The lowest BCUT2D eigenvalue weighted by atomic mass is 10.2. The van der Waals surface area contributed by atoms with E-state index in [0.29, 0.717) is 18.0 Å². The lowest BCUT2D eigenvalue weighted by Gasteiger charge is -2.34. The molecular formula is C13H16N2O4S. The van der Waals surface area contributed by atoms with E-state index < -0.39 is 4.92 Å². The van der Waals surface area contributed by atoms with E-state index in [1.54, 1.807) is 17.0 Å². The first-order valence-electron chi connectivity index (χ1n) is 6.32. The van der Waals surface area contributed by atoms with Gasteiger partial charge >= 0.3 is 5.00 Å². The van der Waals surface area contributed by atoms with E-state index in [1.165, 1.54) is 12.1 Å². The van der Waals surface area contributed by atoms with Crippen molar-refractivity contribution in [3.63, 3.8) is 0 Å². The smallest absolute Gasteiger partial charge is 0.324 e. The summed E-state index contributed by atoms with van der Waals surface area (Å²) in [4.78, 5) is 24.6. The second-order valence-electron chi connectivity index (χ2n) is 4.77. The number of thiophene rings is 1. The van der Waals surface area contributed by atoms with Crippen LogP contribution in [-0.2, 0) is 9.53 Å². The summed E-state index contributed by atoms with van der Waals surface area (Å²) in [6.07, 6.45) is 3.13. The van der Waals surface area contributed by atoms with Crippen LogP contribution in [-0.4, -0.2) is 41.0 Å². The number of nitrogens with zero attached hydrogens (tertiary/aromatic N) is 2. The van der Waals surface area contributed by atoms with Crippen molar-refractivity contribution in [1.29, 1.82) is 0 Å². The van der Waals surface area contributed by atoms with E-state index in [2.05, 4.69) is 0 Å². The van der Waals surface area contributed by atoms with Gasteiger partial charge in [-0.1, -0.05) is 11.3 Å². The molecule has 2 rings (SSSR count). The van der Waals surface area contributed by atoms with Gasteiger partial charge in [0.2, 0.25) is 5.91 Å². The minimum Gasteiger partial charge on any atom is -0.372 e. The van der Waals surface area contributed by atoms with Gasteiger partial charge in [-0.2, -0.15) is 0 Å². The van der Waals surface area contributed by atoms with Crippen LogP contribution in [0.15, 0.2) is 18.2 Å². The van der Waals surface area contributed by atoms with Gasteiger partial charge in [0.15, 0.2) is 0 Å². The Hall–Kier alpha value is -1.73. The highest BCUT2D eigenvalue weighted by atomic mass is 32.1. The fourth-order valence-electron chi connectivity index (χ4n) is 2.15. The molecule has 108 valence electrons. The maximum absolute atomic E-state index is 12.1. The average Bonchev–Trinajstić information content (AvgIpc) is 2.83. The second-order valence-corrected chi connectivity index (χ2v) is 5.86. The van der Waals surface area contributed by atoms with Crippen LogP contribution in [0, 0.1) is 10.1 Å². The van der Waals surface area contributed by atoms with Crippen molar-refractivity contribution in [1.82, 2.24) is 4.90 Å². The monoisotopic (exact) mass is 296 g/mol. The van der Waals surface area contributed by atoms with E-state index in [1.807, 2.05) is 13.8 Å². The highest BCUT2D eigenvalue weighted by molar-refractivity contribution is 7.16. The quantitative estimate of drug-likeness (QED) is 0.487. The molecule has 6 nitrogen and oxygen atoms in total. The number of rotatable bonds is 3. The number of carbonyl (C=O) groups is 1. The van der Waals surface area contributed by atoms with Crippen LogP contribution in [0.5, 0.6) is 0 Å². The van der Waals surface area contributed by atoms with Crippen molar-refractivity contribution in [2.45, 2.75) is 26.1 Å².